The monoisotopic (exact) mass is 423 g/mol. The van der Waals surface area contributed by atoms with Crippen LogP contribution >= 0.6 is 11.6 Å². The van der Waals surface area contributed by atoms with Crippen LogP contribution in [0.4, 0.5) is 0 Å². The maximum absolute atomic E-state index is 13.1. The molecule has 2 saturated heterocycles. The van der Waals surface area contributed by atoms with Gasteiger partial charge in [-0.3, -0.25) is 9.69 Å². The van der Waals surface area contributed by atoms with E-state index in [1.807, 2.05) is 28.8 Å². The Bertz CT molecular complexity index is 1050. The third-order valence-corrected chi connectivity index (χ3v) is 9.78. The maximum atomic E-state index is 13.1. The van der Waals surface area contributed by atoms with E-state index < -0.39 is 0 Å². The number of piperidine rings is 2. The predicted octanol–water partition coefficient (Wildman–Crippen LogP) is 5.19. The van der Waals surface area contributed by atoms with Crippen molar-refractivity contribution in [1.82, 2.24) is 14.5 Å². The molecule has 0 amide bonds. The second-order valence-corrected chi connectivity index (χ2v) is 11.3. The van der Waals surface area contributed by atoms with Gasteiger partial charge in [-0.15, -0.1) is 0 Å². The molecular weight excluding hydrogens is 394 g/mol. The molecule has 6 aliphatic rings. The normalized spacial score (nSPS) is 42.3. The van der Waals surface area contributed by atoms with E-state index in [0.717, 1.165) is 41.6 Å². The van der Waals surface area contributed by atoms with Crippen LogP contribution in [0.25, 0.3) is 11.0 Å². The summed E-state index contributed by atoms with van der Waals surface area (Å²) in [5, 5.41) is 0.117. The molecule has 1 aromatic heterocycles. The number of benzene rings is 1. The Morgan fingerprint density at radius 2 is 1.63 bits per heavy atom. The Morgan fingerprint density at radius 1 is 0.933 bits per heavy atom. The summed E-state index contributed by atoms with van der Waals surface area (Å²) in [7, 11) is 0. The van der Waals surface area contributed by atoms with Gasteiger partial charge in [0.15, 0.2) is 5.15 Å². The highest BCUT2D eigenvalue weighted by molar-refractivity contribution is 6.29. The number of aromatic nitrogens is 2. The van der Waals surface area contributed by atoms with Crippen LogP contribution in [0.15, 0.2) is 29.1 Å². The molecule has 2 aromatic rings. The lowest BCUT2D eigenvalue weighted by molar-refractivity contribution is -0.0816. The lowest BCUT2D eigenvalue weighted by Gasteiger charge is -2.58. The van der Waals surface area contributed by atoms with Crippen molar-refractivity contribution < 1.29 is 0 Å². The van der Waals surface area contributed by atoms with E-state index in [9.17, 15) is 4.79 Å². The van der Waals surface area contributed by atoms with Crippen molar-refractivity contribution in [2.24, 2.45) is 17.8 Å². The molecule has 4 aliphatic carbocycles. The van der Waals surface area contributed by atoms with Crippen molar-refractivity contribution in [3.8, 4) is 0 Å². The number of rotatable bonds is 2. The number of hydrogen-bond donors (Lipinski definition) is 0. The summed E-state index contributed by atoms with van der Waals surface area (Å²) in [5.74, 6) is 2.93. The molecule has 3 unspecified atom stereocenters. The molecule has 0 radical (unpaired) electrons. The van der Waals surface area contributed by atoms with Crippen LogP contribution in [-0.2, 0) is 0 Å². The van der Waals surface area contributed by atoms with Crippen LogP contribution in [0.5, 0.6) is 0 Å². The van der Waals surface area contributed by atoms with Gasteiger partial charge < -0.3 is 4.57 Å². The molecule has 4 saturated carbocycles. The van der Waals surface area contributed by atoms with Gasteiger partial charge in [-0.1, -0.05) is 30.2 Å². The van der Waals surface area contributed by atoms with Crippen molar-refractivity contribution in [3.05, 3.63) is 39.8 Å². The minimum atomic E-state index is -0.106. The molecule has 3 heterocycles. The standard InChI is InChI=1S/C25H30ClN3O/c26-23-24(30)28(22-7-2-1-6-21(22)27-23)20-11-18-4-3-5-19(12-20)29(18)25-13-15-8-16(14-25)10-17(25)9-15/h1-2,6-7,15-20H,3-5,8-14H2/t15-,16+,17?,18-,19+,20?,25?. The SMILES string of the molecule is O=c1c(Cl)nc2ccccc2n1C1C[C@H]2CCC[C@@H](C1)N2C12C[C@@H]3CC1C[C@@H](C3)C2. The first-order valence-corrected chi connectivity index (χ1v) is 12.5. The fourth-order valence-corrected chi connectivity index (χ4v) is 9.14. The van der Waals surface area contributed by atoms with Gasteiger partial charge in [0.1, 0.15) is 0 Å². The van der Waals surface area contributed by atoms with Gasteiger partial charge in [0.05, 0.1) is 11.0 Å². The Labute approximate surface area is 182 Å². The molecule has 5 heteroatoms. The number of para-hydroxylation sites is 2. The average Bonchev–Trinajstić information content (AvgIpc) is 3.12. The van der Waals surface area contributed by atoms with E-state index in [4.69, 9.17) is 11.6 Å². The molecule has 30 heavy (non-hydrogen) atoms. The minimum absolute atomic E-state index is 0.106. The molecule has 8 rings (SSSR count). The first kappa shape index (κ1) is 18.2. The Morgan fingerprint density at radius 3 is 2.37 bits per heavy atom. The fraction of sp³-hybridized carbons (Fsp3) is 0.680. The van der Waals surface area contributed by atoms with Gasteiger partial charge in [-0.05, 0) is 87.7 Å². The predicted molar refractivity (Wildman–Crippen MR) is 119 cm³/mol. The molecule has 7 atom stereocenters. The van der Waals surface area contributed by atoms with E-state index in [1.54, 1.807) is 0 Å². The Hall–Kier alpha value is -1.39. The summed E-state index contributed by atoms with van der Waals surface area (Å²) in [4.78, 5) is 20.5. The zero-order valence-electron chi connectivity index (χ0n) is 17.5. The molecule has 1 aromatic carbocycles. The zero-order chi connectivity index (χ0) is 20.0. The molecule has 0 spiro atoms. The van der Waals surface area contributed by atoms with Crippen molar-refractivity contribution in [2.75, 3.05) is 0 Å². The van der Waals surface area contributed by atoms with Crippen molar-refractivity contribution >= 4 is 22.6 Å². The molecule has 4 nitrogen and oxygen atoms in total. The van der Waals surface area contributed by atoms with Crippen LogP contribution in [-0.4, -0.2) is 32.1 Å². The van der Waals surface area contributed by atoms with E-state index in [2.05, 4.69) is 9.88 Å². The average molecular weight is 424 g/mol. The summed E-state index contributed by atoms with van der Waals surface area (Å²) in [5.41, 5.74) is 2.17. The summed E-state index contributed by atoms with van der Waals surface area (Å²) in [6.07, 6.45) is 13.5. The van der Waals surface area contributed by atoms with Gasteiger partial charge in [-0.2, -0.15) is 0 Å². The first-order chi connectivity index (χ1) is 14.6. The topological polar surface area (TPSA) is 38.1 Å². The molecule has 0 N–H and O–H groups in total. The van der Waals surface area contributed by atoms with Gasteiger partial charge in [0, 0.05) is 23.7 Å². The number of fused-ring (bicyclic) bond motifs is 3. The van der Waals surface area contributed by atoms with Crippen LogP contribution in [0.1, 0.15) is 70.3 Å². The second kappa shape index (κ2) is 6.32. The third kappa shape index (κ3) is 2.38. The summed E-state index contributed by atoms with van der Waals surface area (Å²) in [6.45, 7) is 0. The Balaban J connectivity index is 1.29. The summed E-state index contributed by atoms with van der Waals surface area (Å²) < 4.78 is 2.00. The van der Waals surface area contributed by atoms with Crippen molar-refractivity contribution in [2.45, 2.75) is 87.9 Å². The smallest absolute Gasteiger partial charge is 0.288 e. The van der Waals surface area contributed by atoms with Gasteiger partial charge in [0.2, 0.25) is 0 Å². The maximum Gasteiger partial charge on any atom is 0.288 e. The lowest BCUT2D eigenvalue weighted by Crippen LogP contribution is -2.63. The van der Waals surface area contributed by atoms with Gasteiger partial charge in [0.25, 0.3) is 5.56 Å². The van der Waals surface area contributed by atoms with Crippen LogP contribution < -0.4 is 5.56 Å². The largest absolute Gasteiger partial charge is 0.301 e. The Kier molecular flexibility index (Phi) is 3.84. The van der Waals surface area contributed by atoms with Crippen LogP contribution in [0.2, 0.25) is 5.15 Å². The van der Waals surface area contributed by atoms with Gasteiger partial charge in [-0.25, -0.2) is 4.98 Å². The van der Waals surface area contributed by atoms with E-state index in [0.29, 0.717) is 17.6 Å². The minimum Gasteiger partial charge on any atom is -0.301 e. The molecule has 6 fully saturated rings. The molecule has 6 bridgehead atoms. The highest BCUT2D eigenvalue weighted by atomic mass is 35.5. The van der Waals surface area contributed by atoms with Crippen LogP contribution in [0, 0.1) is 17.8 Å². The summed E-state index contributed by atoms with van der Waals surface area (Å²) in [6, 6.07) is 9.48. The fourth-order valence-electron chi connectivity index (χ4n) is 8.95. The van der Waals surface area contributed by atoms with Crippen molar-refractivity contribution in [1.29, 1.82) is 0 Å². The van der Waals surface area contributed by atoms with Crippen LogP contribution in [0.3, 0.4) is 0 Å². The highest BCUT2D eigenvalue weighted by Crippen LogP contribution is 2.65. The van der Waals surface area contributed by atoms with E-state index in [1.165, 1.54) is 51.4 Å². The second-order valence-electron chi connectivity index (χ2n) is 11.0. The quantitative estimate of drug-likeness (QED) is 0.667. The van der Waals surface area contributed by atoms with E-state index >= 15 is 0 Å². The van der Waals surface area contributed by atoms with Crippen molar-refractivity contribution in [3.63, 3.8) is 0 Å². The molecule has 158 valence electrons. The number of nitrogens with zero attached hydrogens (tertiary/aromatic N) is 3. The lowest BCUT2D eigenvalue weighted by atomic mass is 9.73. The zero-order valence-corrected chi connectivity index (χ0v) is 18.2. The number of halogens is 1. The van der Waals surface area contributed by atoms with E-state index in [-0.39, 0.29) is 16.8 Å². The van der Waals surface area contributed by atoms with Gasteiger partial charge >= 0.3 is 0 Å². The molecular formula is C25H30ClN3O. The third-order valence-electron chi connectivity index (χ3n) is 9.53. The highest BCUT2D eigenvalue weighted by Gasteiger charge is 2.63. The summed E-state index contributed by atoms with van der Waals surface area (Å²) >= 11 is 6.30. The first-order valence-electron chi connectivity index (χ1n) is 12.1. The molecule has 2 aliphatic heterocycles. The number of hydrogen-bond acceptors (Lipinski definition) is 3.